The number of nitrogens with two attached hydrogens (primary N) is 1. The van der Waals surface area contributed by atoms with Gasteiger partial charge in [0.2, 0.25) is 5.88 Å². The van der Waals surface area contributed by atoms with Crippen molar-refractivity contribution in [2.45, 2.75) is 33.1 Å². The minimum atomic E-state index is 0.169. The van der Waals surface area contributed by atoms with Gasteiger partial charge in [0.25, 0.3) is 0 Å². The predicted molar refractivity (Wildman–Crippen MR) is 83.0 cm³/mol. The molecule has 2 aromatic rings. The van der Waals surface area contributed by atoms with Crippen LogP contribution in [0.4, 0.5) is 5.82 Å². The second-order valence-electron chi connectivity index (χ2n) is 5.07. The van der Waals surface area contributed by atoms with E-state index in [4.69, 9.17) is 15.2 Å². The fourth-order valence-corrected chi connectivity index (χ4v) is 2.14. The van der Waals surface area contributed by atoms with Crippen LogP contribution in [-0.2, 0) is 6.42 Å². The van der Waals surface area contributed by atoms with Gasteiger partial charge in [0.1, 0.15) is 12.1 Å². The number of aryl methyl sites for hydroxylation is 1. The van der Waals surface area contributed by atoms with Crippen molar-refractivity contribution in [1.82, 2.24) is 9.97 Å². The summed E-state index contributed by atoms with van der Waals surface area (Å²) in [5, 5.41) is 0. The van der Waals surface area contributed by atoms with Crippen molar-refractivity contribution in [3.05, 3.63) is 35.7 Å². The van der Waals surface area contributed by atoms with Crippen LogP contribution < -0.4 is 15.2 Å². The number of rotatable bonds is 5. The van der Waals surface area contributed by atoms with Gasteiger partial charge in [-0.15, -0.1) is 0 Å². The Labute approximate surface area is 125 Å². The highest BCUT2D eigenvalue weighted by Gasteiger charge is 2.16. The molecule has 112 valence electrons. The van der Waals surface area contributed by atoms with Gasteiger partial charge < -0.3 is 15.2 Å². The van der Waals surface area contributed by atoms with E-state index in [1.807, 2.05) is 32.0 Å². The molecule has 0 atom stereocenters. The fourth-order valence-electron chi connectivity index (χ4n) is 2.14. The number of benzene rings is 1. The number of hydrogen-bond donors (Lipinski definition) is 1. The topological polar surface area (TPSA) is 70.3 Å². The fraction of sp³-hybridized carbons (Fsp3) is 0.375. The SMILES string of the molecule is CCc1ccc(Oc2ncnc(N)c2C(C)C)c(OC)c1. The maximum Gasteiger partial charge on any atom is 0.228 e. The molecule has 1 aromatic carbocycles. The summed E-state index contributed by atoms with van der Waals surface area (Å²) >= 11 is 0. The van der Waals surface area contributed by atoms with Crippen molar-refractivity contribution in [3.63, 3.8) is 0 Å². The van der Waals surface area contributed by atoms with E-state index in [1.54, 1.807) is 7.11 Å². The van der Waals surface area contributed by atoms with E-state index in [9.17, 15) is 0 Å². The van der Waals surface area contributed by atoms with Crippen molar-refractivity contribution in [2.75, 3.05) is 12.8 Å². The molecule has 0 aliphatic rings. The minimum absolute atomic E-state index is 0.169. The molecule has 1 aromatic heterocycles. The van der Waals surface area contributed by atoms with E-state index in [0.717, 1.165) is 12.0 Å². The molecule has 5 heteroatoms. The molecule has 0 amide bonds. The highest BCUT2D eigenvalue weighted by Crippen LogP contribution is 2.36. The number of aromatic nitrogens is 2. The van der Waals surface area contributed by atoms with Gasteiger partial charge in [0.05, 0.1) is 12.7 Å². The van der Waals surface area contributed by atoms with Crippen LogP contribution in [0.25, 0.3) is 0 Å². The van der Waals surface area contributed by atoms with Gasteiger partial charge in [-0.1, -0.05) is 26.8 Å². The summed E-state index contributed by atoms with van der Waals surface area (Å²) in [7, 11) is 1.62. The lowest BCUT2D eigenvalue weighted by atomic mass is 10.1. The van der Waals surface area contributed by atoms with E-state index >= 15 is 0 Å². The third-order valence-corrected chi connectivity index (χ3v) is 3.30. The third-order valence-electron chi connectivity index (χ3n) is 3.30. The molecule has 0 bridgehead atoms. The number of nitrogen functional groups attached to an aromatic ring is 1. The molecule has 0 saturated carbocycles. The Hall–Kier alpha value is -2.30. The summed E-state index contributed by atoms with van der Waals surface area (Å²) < 4.78 is 11.3. The molecule has 0 aliphatic carbocycles. The molecular formula is C16H21N3O2. The van der Waals surface area contributed by atoms with Crippen LogP contribution in [0, 0.1) is 0 Å². The first-order valence-electron chi connectivity index (χ1n) is 7.01. The molecule has 0 saturated heterocycles. The predicted octanol–water partition coefficient (Wildman–Crippen LogP) is 3.55. The van der Waals surface area contributed by atoms with Gasteiger partial charge in [0, 0.05) is 0 Å². The Morgan fingerprint density at radius 2 is 1.95 bits per heavy atom. The molecule has 1 heterocycles. The van der Waals surface area contributed by atoms with Gasteiger partial charge in [-0.25, -0.2) is 9.97 Å². The molecule has 2 N–H and O–H groups in total. The standard InChI is InChI=1S/C16H21N3O2/c1-5-11-6-7-12(13(8-11)20-4)21-16-14(10(2)3)15(17)18-9-19-16/h6-10H,5H2,1-4H3,(H2,17,18,19). The van der Waals surface area contributed by atoms with Crippen molar-refractivity contribution in [2.24, 2.45) is 0 Å². The molecule has 5 nitrogen and oxygen atoms in total. The second kappa shape index (κ2) is 6.43. The van der Waals surface area contributed by atoms with Crippen molar-refractivity contribution in [3.8, 4) is 17.4 Å². The largest absolute Gasteiger partial charge is 0.493 e. The zero-order valence-corrected chi connectivity index (χ0v) is 12.9. The lowest BCUT2D eigenvalue weighted by Gasteiger charge is -2.15. The quantitative estimate of drug-likeness (QED) is 0.910. The first kappa shape index (κ1) is 15.1. The van der Waals surface area contributed by atoms with Crippen molar-refractivity contribution in [1.29, 1.82) is 0 Å². The van der Waals surface area contributed by atoms with Gasteiger partial charge in [-0.05, 0) is 30.0 Å². The number of nitrogens with zero attached hydrogens (tertiary/aromatic N) is 2. The Morgan fingerprint density at radius 3 is 2.57 bits per heavy atom. The van der Waals surface area contributed by atoms with Gasteiger partial charge in [0.15, 0.2) is 11.5 Å². The Bertz CT molecular complexity index is 627. The summed E-state index contributed by atoms with van der Waals surface area (Å²) in [5.74, 6) is 2.39. The van der Waals surface area contributed by atoms with E-state index < -0.39 is 0 Å². The Morgan fingerprint density at radius 1 is 1.19 bits per heavy atom. The maximum atomic E-state index is 5.93. The lowest BCUT2D eigenvalue weighted by Crippen LogP contribution is -2.04. The Balaban J connectivity index is 2.41. The minimum Gasteiger partial charge on any atom is -0.493 e. The van der Waals surface area contributed by atoms with Gasteiger partial charge >= 0.3 is 0 Å². The van der Waals surface area contributed by atoms with Crippen LogP contribution in [0.1, 0.15) is 37.8 Å². The van der Waals surface area contributed by atoms with Crippen LogP contribution in [0.3, 0.4) is 0 Å². The van der Waals surface area contributed by atoms with Crippen LogP contribution in [-0.4, -0.2) is 17.1 Å². The van der Waals surface area contributed by atoms with Crippen molar-refractivity contribution < 1.29 is 9.47 Å². The summed E-state index contributed by atoms with van der Waals surface area (Å²) in [4.78, 5) is 8.23. The first-order chi connectivity index (χ1) is 10.1. The number of anilines is 1. The van der Waals surface area contributed by atoms with E-state index in [0.29, 0.717) is 23.2 Å². The van der Waals surface area contributed by atoms with E-state index in [2.05, 4.69) is 16.9 Å². The first-order valence-corrected chi connectivity index (χ1v) is 7.01. The Kier molecular flexibility index (Phi) is 4.62. The molecule has 0 aliphatic heterocycles. The second-order valence-corrected chi connectivity index (χ2v) is 5.07. The monoisotopic (exact) mass is 287 g/mol. The molecule has 0 radical (unpaired) electrons. The molecule has 2 rings (SSSR count). The third kappa shape index (κ3) is 3.24. The molecule has 21 heavy (non-hydrogen) atoms. The summed E-state index contributed by atoms with van der Waals surface area (Å²) in [6.07, 6.45) is 2.35. The highest BCUT2D eigenvalue weighted by molar-refractivity contribution is 5.50. The molecule has 0 unspecified atom stereocenters. The number of hydrogen-bond acceptors (Lipinski definition) is 5. The average Bonchev–Trinajstić information content (AvgIpc) is 2.47. The molecule has 0 fully saturated rings. The lowest BCUT2D eigenvalue weighted by molar-refractivity contribution is 0.371. The summed E-state index contributed by atoms with van der Waals surface area (Å²) in [6.45, 7) is 6.15. The van der Waals surface area contributed by atoms with E-state index in [-0.39, 0.29) is 5.92 Å². The average molecular weight is 287 g/mol. The van der Waals surface area contributed by atoms with Crippen LogP contribution in [0.2, 0.25) is 0 Å². The van der Waals surface area contributed by atoms with Crippen LogP contribution >= 0.6 is 0 Å². The smallest absolute Gasteiger partial charge is 0.228 e. The van der Waals surface area contributed by atoms with Crippen LogP contribution in [0.15, 0.2) is 24.5 Å². The normalized spacial score (nSPS) is 10.7. The van der Waals surface area contributed by atoms with E-state index in [1.165, 1.54) is 11.9 Å². The summed E-state index contributed by atoms with van der Waals surface area (Å²) in [5.41, 5.74) is 7.92. The number of ether oxygens (including phenoxy) is 2. The molecular weight excluding hydrogens is 266 g/mol. The van der Waals surface area contributed by atoms with Crippen LogP contribution in [0.5, 0.6) is 17.4 Å². The zero-order chi connectivity index (χ0) is 15.4. The molecule has 0 spiro atoms. The zero-order valence-electron chi connectivity index (χ0n) is 12.9. The van der Waals surface area contributed by atoms with Gasteiger partial charge in [-0.3, -0.25) is 0 Å². The van der Waals surface area contributed by atoms with Gasteiger partial charge in [-0.2, -0.15) is 0 Å². The van der Waals surface area contributed by atoms with Crippen molar-refractivity contribution >= 4 is 5.82 Å². The summed E-state index contributed by atoms with van der Waals surface area (Å²) in [6, 6.07) is 5.87. The highest BCUT2D eigenvalue weighted by atomic mass is 16.5. The number of methoxy groups -OCH3 is 1. The maximum absolute atomic E-state index is 5.93.